The van der Waals surface area contributed by atoms with Crippen LogP contribution in [0.15, 0.2) is 46.4 Å². The topological polar surface area (TPSA) is 50.9 Å². The second-order valence-electron chi connectivity index (χ2n) is 4.18. The Morgan fingerprint density at radius 1 is 1.26 bits per heavy atom. The fraction of sp³-hybridized carbons (Fsp3) is 0.0714. The van der Waals surface area contributed by atoms with E-state index < -0.39 is 0 Å². The lowest BCUT2D eigenvalue weighted by Gasteiger charge is -2.09. The number of benzene rings is 1. The number of nitrogens with two attached hydrogens (primary N) is 1. The number of nitrogens with one attached hydrogen (secondary N) is 1. The highest BCUT2D eigenvalue weighted by Crippen LogP contribution is 2.27. The number of thiophene rings is 1. The number of rotatable bonds is 3. The zero-order valence-electron chi connectivity index (χ0n) is 10.1. The smallest absolute Gasteiger partial charge is 0.0743 e. The minimum atomic E-state index is 0.734. The van der Waals surface area contributed by atoms with Gasteiger partial charge in [-0.15, -0.1) is 11.3 Å². The predicted octanol–water partition coefficient (Wildman–Crippen LogP) is 4.25. The van der Waals surface area contributed by atoms with Crippen molar-refractivity contribution in [3.05, 3.63) is 51.3 Å². The maximum absolute atomic E-state index is 5.78. The molecule has 1 aromatic carbocycles. The molecular formula is C14H12BrN3S. The molecule has 0 radical (unpaired) electrons. The molecule has 5 heteroatoms. The lowest BCUT2D eigenvalue weighted by atomic mass is 10.1. The molecule has 3 nitrogen and oxygen atoms in total. The van der Waals surface area contributed by atoms with Gasteiger partial charge in [0.25, 0.3) is 0 Å². The van der Waals surface area contributed by atoms with Crippen molar-refractivity contribution in [2.24, 2.45) is 0 Å². The molecule has 2 heterocycles. The van der Waals surface area contributed by atoms with Crippen LogP contribution in [0.4, 0.5) is 11.4 Å². The van der Waals surface area contributed by atoms with Crippen molar-refractivity contribution in [1.82, 2.24) is 4.98 Å². The Labute approximate surface area is 123 Å². The van der Waals surface area contributed by atoms with Crippen LogP contribution in [0.2, 0.25) is 0 Å². The summed E-state index contributed by atoms with van der Waals surface area (Å²) < 4.78 is 1.15. The Hall–Kier alpha value is -1.59. The minimum Gasteiger partial charge on any atom is -0.399 e. The van der Waals surface area contributed by atoms with Gasteiger partial charge in [-0.05, 0) is 51.6 Å². The SMILES string of the molecule is Nc1ccc2c(NCc3sccc3Br)ccnc2c1. The highest BCUT2D eigenvalue weighted by Gasteiger charge is 2.04. The number of anilines is 2. The molecule has 0 saturated carbocycles. The molecule has 0 spiro atoms. The Kier molecular flexibility index (Phi) is 3.40. The predicted molar refractivity (Wildman–Crippen MR) is 85.5 cm³/mol. The average Bonchev–Trinajstić information content (AvgIpc) is 2.81. The number of nitrogens with zero attached hydrogens (tertiary/aromatic N) is 1. The van der Waals surface area contributed by atoms with Crippen LogP contribution < -0.4 is 11.1 Å². The molecule has 0 fully saturated rings. The van der Waals surface area contributed by atoms with Crippen LogP contribution in [0.25, 0.3) is 10.9 Å². The van der Waals surface area contributed by atoms with Crippen molar-refractivity contribution in [3.8, 4) is 0 Å². The van der Waals surface area contributed by atoms with Crippen LogP contribution in [0.1, 0.15) is 4.88 Å². The fourth-order valence-corrected chi connectivity index (χ4v) is 3.38. The van der Waals surface area contributed by atoms with E-state index >= 15 is 0 Å². The number of hydrogen-bond acceptors (Lipinski definition) is 4. The first kappa shape index (κ1) is 12.4. The molecule has 96 valence electrons. The van der Waals surface area contributed by atoms with Gasteiger partial charge in [-0.25, -0.2) is 0 Å². The highest BCUT2D eigenvalue weighted by atomic mass is 79.9. The van der Waals surface area contributed by atoms with Crippen LogP contribution in [0, 0.1) is 0 Å². The summed E-state index contributed by atoms with van der Waals surface area (Å²) in [6.45, 7) is 0.793. The van der Waals surface area contributed by atoms with Crippen LogP contribution in [0.5, 0.6) is 0 Å². The zero-order valence-corrected chi connectivity index (χ0v) is 12.5. The molecule has 3 rings (SSSR count). The third-order valence-corrected chi connectivity index (χ3v) is 4.82. The summed E-state index contributed by atoms with van der Waals surface area (Å²) in [7, 11) is 0. The summed E-state index contributed by atoms with van der Waals surface area (Å²) in [6.07, 6.45) is 1.80. The van der Waals surface area contributed by atoms with E-state index in [1.807, 2.05) is 24.3 Å². The molecule has 0 amide bonds. The van der Waals surface area contributed by atoms with Gasteiger partial charge < -0.3 is 11.1 Å². The minimum absolute atomic E-state index is 0.734. The summed E-state index contributed by atoms with van der Waals surface area (Å²) in [5.74, 6) is 0. The Morgan fingerprint density at radius 2 is 2.16 bits per heavy atom. The molecule has 19 heavy (non-hydrogen) atoms. The van der Waals surface area contributed by atoms with Crippen molar-refractivity contribution in [2.45, 2.75) is 6.54 Å². The molecule has 0 aliphatic heterocycles. The molecule has 0 atom stereocenters. The van der Waals surface area contributed by atoms with Crippen LogP contribution >= 0.6 is 27.3 Å². The van der Waals surface area contributed by atoms with Crippen LogP contribution in [0.3, 0.4) is 0 Å². The number of halogens is 1. The van der Waals surface area contributed by atoms with E-state index in [-0.39, 0.29) is 0 Å². The van der Waals surface area contributed by atoms with Crippen LogP contribution in [-0.2, 0) is 6.54 Å². The van der Waals surface area contributed by atoms with Crippen molar-refractivity contribution in [2.75, 3.05) is 11.1 Å². The van der Waals surface area contributed by atoms with Gasteiger partial charge in [0.05, 0.1) is 12.1 Å². The molecule has 0 aliphatic carbocycles. The fourth-order valence-electron chi connectivity index (χ4n) is 1.95. The van der Waals surface area contributed by atoms with Gasteiger partial charge in [0.15, 0.2) is 0 Å². The van der Waals surface area contributed by atoms with Crippen molar-refractivity contribution in [3.63, 3.8) is 0 Å². The molecule has 2 aromatic heterocycles. The van der Waals surface area contributed by atoms with E-state index in [1.54, 1.807) is 17.5 Å². The third kappa shape index (κ3) is 2.57. The largest absolute Gasteiger partial charge is 0.399 e. The van der Waals surface area contributed by atoms with Gasteiger partial charge in [0.1, 0.15) is 0 Å². The molecule has 0 saturated heterocycles. The molecule has 0 bridgehead atoms. The van der Waals surface area contributed by atoms with E-state index in [0.29, 0.717) is 0 Å². The summed E-state index contributed by atoms with van der Waals surface area (Å²) in [4.78, 5) is 5.62. The number of pyridine rings is 1. The van der Waals surface area contributed by atoms with Crippen LogP contribution in [-0.4, -0.2) is 4.98 Å². The Balaban J connectivity index is 1.91. The summed E-state index contributed by atoms with van der Waals surface area (Å²) in [5.41, 5.74) is 8.50. The van der Waals surface area contributed by atoms with E-state index in [0.717, 1.165) is 33.3 Å². The van der Waals surface area contributed by atoms with Gasteiger partial charge in [0.2, 0.25) is 0 Å². The second kappa shape index (κ2) is 5.19. The molecule has 3 aromatic rings. The summed E-state index contributed by atoms with van der Waals surface area (Å²) >= 11 is 5.27. The van der Waals surface area contributed by atoms with Gasteiger partial charge in [-0.3, -0.25) is 4.98 Å². The average molecular weight is 334 g/mol. The maximum Gasteiger partial charge on any atom is 0.0743 e. The summed E-state index contributed by atoms with van der Waals surface area (Å²) in [6, 6.07) is 9.84. The molecule has 0 unspecified atom stereocenters. The van der Waals surface area contributed by atoms with Crippen molar-refractivity contribution >= 4 is 49.5 Å². The summed E-state index contributed by atoms with van der Waals surface area (Å²) in [5, 5.41) is 6.61. The maximum atomic E-state index is 5.78. The lowest BCUT2D eigenvalue weighted by Crippen LogP contribution is -1.99. The van der Waals surface area contributed by atoms with Gasteiger partial charge in [-0.2, -0.15) is 0 Å². The number of aromatic nitrogens is 1. The van der Waals surface area contributed by atoms with Crippen molar-refractivity contribution in [1.29, 1.82) is 0 Å². The van der Waals surface area contributed by atoms with E-state index in [2.05, 4.69) is 37.7 Å². The standard InChI is InChI=1S/C14H12BrN3S/c15-11-4-6-19-14(11)8-18-12-3-5-17-13-7-9(16)1-2-10(12)13/h1-7H,8,16H2,(H,17,18). The highest BCUT2D eigenvalue weighted by molar-refractivity contribution is 9.10. The monoisotopic (exact) mass is 333 g/mol. The van der Waals surface area contributed by atoms with E-state index in [1.165, 1.54) is 4.88 Å². The van der Waals surface area contributed by atoms with Gasteiger partial charge >= 0.3 is 0 Å². The lowest BCUT2D eigenvalue weighted by molar-refractivity contribution is 1.18. The van der Waals surface area contributed by atoms with E-state index in [9.17, 15) is 0 Å². The number of fused-ring (bicyclic) bond motifs is 1. The zero-order chi connectivity index (χ0) is 13.2. The first-order valence-corrected chi connectivity index (χ1v) is 7.51. The third-order valence-electron chi connectivity index (χ3n) is 2.90. The van der Waals surface area contributed by atoms with Crippen molar-refractivity contribution < 1.29 is 0 Å². The first-order chi connectivity index (χ1) is 9.24. The quantitative estimate of drug-likeness (QED) is 0.704. The normalized spacial score (nSPS) is 10.8. The second-order valence-corrected chi connectivity index (χ2v) is 6.04. The first-order valence-electron chi connectivity index (χ1n) is 5.84. The Bertz CT molecular complexity index is 724. The van der Waals surface area contributed by atoms with E-state index in [4.69, 9.17) is 5.73 Å². The van der Waals surface area contributed by atoms with Gasteiger partial charge in [-0.1, -0.05) is 0 Å². The molecule has 3 N–H and O–H groups in total. The molecule has 0 aliphatic rings. The molecular weight excluding hydrogens is 322 g/mol. The van der Waals surface area contributed by atoms with Gasteiger partial charge in [0, 0.05) is 32.3 Å². The number of hydrogen-bond donors (Lipinski definition) is 2. The Morgan fingerprint density at radius 3 is 2.95 bits per heavy atom. The number of nitrogen functional groups attached to an aromatic ring is 1.